The minimum atomic E-state index is -1.50. The van der Waals surface area contributed by atoms with Crippen molar-refractivity contribution in [1.29, 1.82) is 0 Å². The largest absolute Gasteiger partial charge is 0.394 e. The van der Waals surface area contributed by atoms with Crippen LogP contribution >= 0.6 is 0 Å². The van der Waals surface area contributed by atoms with E-state index in [1.165, 1.54) is 13.8 Å². The standard InChI is InChI=1S/C4H6O3.Cu.HNO3/c1-3(5)7-4(2)6;;2-1(3)4/h1-2H3;;(H,2,3,4). The Balaban J connectivity index is -0.000000142. The van der Waals surface area contributed by atoms with Gasteiger partial charge in [0.05, 0.1) is 0 Å². The van der Waals surface area contributed by atoms with Crippen molar-refractivity contribution in [3.05, 3.63) is 10.1 Å². The summed E-state index contributed by atoms with van der Waals surface area (Å²) in [6, 6.07) is 0. The fourth-order valence-electron chi connectivity index (χ4n) is 0.202. The molecule has 1 radical (unpaired) electrons. The Kier molecular flexibility index (Phi) is 14.0. The first-order valence-electron chi connectivity index (χ1n) is 2.38. The molecule has 7 nitrogen and oxygen atoms in total. The van der Waals surface area contributed by atoms with E-state index in [4.69, 9.17) is 15.3 Å². The Bertz CT molecular complexity index is 153. The van der Waals surface area contributed by atoms with E-state index in [1.54, 1.807) is 0 Å². The first-order valence-corrected chi connectivity index (χ1v) is 2.38. The van der Waals surface area contributed by atoms with Crippen molar-refractivity contribution in [2.45, 2.75) is 13.8 Å². The minimum absolute atomic E-state index is 0. The van der Waals surface area contributed by atoms with Crippen LogP contribution in [0.15, 0.2) is 0 Å². The van der Waals surface area contributed by atoms with Gasteiger partial charge >= 0.3 is 11.9 Å². The molecule has 0 aliphatic carbocycles. The summed E-state index contributed by atoms with van der Waals surface area (Å²) in [6.07, 6.45) is 0. The fourth-order valence-corrected chi connectivity index (χ4v) is 0.202. The molecule has 0 bridgehead atoms. The van der Waals surface area contributed by atoms with Crippen molar-refractivity contribution < 1.29 is 41.7 Å². The van der Waals surface area contributed by atoms with Crippen LogP contribution in [-0.2, 0) is 31.4 Å². The summed E-state index contributed by atoms with van der Waals surface area (Å²) in [5.74, 6) is -1.12. The normalized spacial score (nSPS) is 6.50. The summed E-state index contributed by atoms with van der Waals surface area (Å²) >= 11 is 0. The maximum atomic E-state index is 9.81. The zero-order chi connectivity index (χ0) is 9.44. The number of rotatable bonds is 0. The predicted octanol–water partition coefficient (Wildman–Crippen LogP) is -0.254. The van der Waals surface area contributed by atoms with Gasteiger partial charge in [-0.15, -0.1) is 10.1 Å². The van der Waals surface area contributed by atoms with Gasteiger partial charge in [-0.1, -0.05) is 0 Å². The third kappa shape index (κ3) is 66.9. The Hall–Kier alpha value is -1.14. The van der Waals surface area contributed by atoms with E-state index in [2.05, 4.69) is 4.74 Å². The van der Waals surface area contributed by atoms with Gasteiger partial charge in [-0.2, -0.15) is 0 Å². The number of hydrogen-bond acceptors (Lipinski definition) is 5. The molecule has 0 amide bonds. The van der Waals surface area contributed by atoms with Gasteiger partial charge in [0, 0.05) is 30.9 Å². The molecule has 0 aliphatic heterocycles. The van der Waals surface area contributed by atoms with Crippen LogP contribution < -0.4 is 0 Å². The maximum absolute atomic E-state index is 9.81. The number of carbonyl (C=O) groups is 2. The van der Waals surface area contributed by atoms with Crippen LogP contribution in [0.4, 0.5) is 0 Å². The summed E-state index contributed by atoms with van der Waals surface area (Å²) in [7, 11) is 0. The first kappa shape index (κ1) is 17.1. The van der Waals surface area contributed by atoms with Gasteiger partial charge < -0.3 is 9.94 Å². The first-order chi connectivity index (χ1) is 4.86. The third-order valence-electron chi connectivity index (χ3n) is 0.287. The van der Waals surface area contributed by atoms with E-state index < -0.39 is 17.0 Å². The summed E-state index contributed by atoms with van der Waals surface area (Å²) in [5, 5.41) is 13.6. The van der Waals surface area contributed by atoms with E-state index in [0.29, 0.717) is 0 Å². The van der Waals surface area contributed by atoms with Crippen molar-refractivity contribution >= 4 is 11.9 Å². The van der Waals surface area contributed by atoms with Crippen molar-refractivity contribution in [2.24, 2.45) is 0 Å². The smallest absolute Gasteiger partial charge is 0.310 e. The summed E-state index contributed by atoms with van der Waals surface area (Å²) in [5.41, 5.74) is 0. The van der Waals surface area contributed by atoms with E-state index in [9.17, 15) is 9.59 Å². The molecule has 0 rings (SSSR count). The molecule has 8 heteroatoms. The molecule has 0 unspecified atom stereocenters. The van der Waals surface area contributed by atoms with Gasteiger partial charge in [-0.05, 0) is 0 Å². The molecule has 1 N–H and O–H groups in total. The molecule has 0 saturated heterocycles. The Morgan fingerprint density at radius 1 is 1.33 bits per heavy atom. The molecule has 0 aromatic heterocycles. The van der Waals surface area contributed by atoms with E-state index in [1.807, 2.05) is 0 Å². The van der Waals surface area contributed by atoms with Crippen molar-refractivity contribution in [1.82, 2.24) is 0 Å². The molecule has 0 spiro atoms. The second kappa shape index (κ2) is 9.86. The number of ether oxygens (including phenoxy) is 1. The monoisotopic (exact) mass is 228 g/mol. The summed E-state index contributed by atoms with van der Waals surface area (Å²) in [6.45, 7) is 2.36. The van der Waals surface area contributed by atoms with Gasteiger partial charge in [0.2, 0.25) is 0 Å². The summed E-state index contributed by atoms with van der Waals surface area (Å²) < 4.78 is 3.97. The van der Waals surface area contributed by atoms with Gasteiger partial charge in [-0.25, -0.2) is 0 Å². The van der Waals surface area contributed by atoms with Crippen LogP contribution in [0.25, 0.3) is 0 Å². The molecule has 0 aromatic rings. The number of hydrogen-bond donors (Lipinski definition) is 1. The molecular weight excluding hydrogens is 222 g/mol. The number of carbonyl (C=O) groups excluding carboxylic acids is 2. The molecule has 0 aromatic carbocycles. The average molecular weight is 229 g/mol. The van der Waals surface area contributed by atoms with Crippen LogP contribution in [0, 0.1) is 10.1 Å². The van der Waals surface area contributed by atoms with Gasteiger partial charge in [0.1, 0.15) is 0 Å². The van der Waals surface area contributed by atoms with Crippen molar-refractivity contribution in [3.8, 4) is 0 Å². The fraction of sp³-hybridized carbons (Fsp3) is 0.500. The van der Waals surface area contributed by atoms with Crippen LogP contribution in [0.3, 0.4) is 0 Å². The van der Waals surface area contributed by atoms with Gasteiger partial charge in [0.15, 0.2) is 0 Å². The predicted molar refractivity (Wildman–Crippen MR) is 31.2 cm³/mol. The van der Waals surface area contributed by atoms with Gasteiger partial charge in [-0.3, -0.25) is 9.59 Å². The zero-order valence-electron chi connectivity index (χ0n) is 6.24. The summed E-state index contributed by atoms with van der Waals surface area (Å²) in [4.78, 5) is 28.0. The molecule has 12 heavy (non-hydrogen) atoms. The van der Waals surface area contributed by atoms with Crippen molar-refractivity contribution in [2.75, 3.05) is 0 Å². The maximum Gasteiger partial charge on any atom is 0.310 e. The zero-order valence-corrected chi connectivity index (χ0v) is 7.18. The van der Waals surface area contributed by atoms with Crippen LogP contribution in [0.1, 0.15) is 13.8 Å². The van der Waals surface area contributed by atoms with E-state index in [-0.39, 0.29) is 17.1 Å². The molecule has 0 atom stereocenters. The molecule has 0 fully saturated rings. The third-order valence-corrected chi connectivity index (χ3v) is 0.287. The van der Waals surface area contributed by atoms with E-state index in [0.717, 1.165) is 0 Å². The number of esters is 2. The van der Waals surface area contributed by atoms with Crippen LogP contribution in [0.2, 0.25) is 0 Å². The second-order valence-corrected chi connectivity index (χ2v) is 1.32. The minimum Gasteiger partial charge on any atom is -0.394 e. The van der Waals surface area contributed by atoms with E-state index >= 15 is 0 Å². The average Bonchev–Trinajstić information content (AvgIpc) is 1.56. The Labute approximate surface area is 78.3 Å². The molecular formula is C4H7CuNO6. The quantitative estimate of drug-likeness (QED) is 0.201. The molecule has 0 saturated carbocycles. The topological polar surface area (TPSA) is 107 Å². The Morgan fingerprint density at radius 3 is 1.50 bits per heavy atom. The van der Waals surface area contributed by atoms with Gasteiger partial charge in [0.25, 0.3) is 5.09 Å². The SMILES string of the molecule is CC(=O)OC(C)=O.O=[N+]([O-])O.[Cu]. The van der Waals surface area contributed by atoms with Crippen LogP contribution in [0.5, 0.6) is 0 Å². The second-order valence-electron chi connectivity index (χ2n) is 1.32. The Morgan fingerprint density at radius 2 is 1.50 bits per heavy atom. The number of nitrogens with zero attached hydrogens (tertiary/aromatic N) is 1. The van der Waals surface area contributed by atoms with Crippen molar-refractivity contribution in [3.63, 3.8) is 0 Å². The molecule has 0 aliphatic rings. The van der Waals surface area contributed by atoms with Crippen LogP contribution in [-0.4, -0.2) is 22.2 Å². The molecule has 0 heterocycles. The molecule has 75 valence electrons.